The minimum Gasteiger partial charge on any atom is -0.311 e. The van der Waals surface area contributed by atoms with E-state index in [4.69, 9.17) is 5.26 Å². The molecular formula is C15H21N3. The van der Waals surface area contributed by atoms with Crippen molar-refractivity contribution in [3.8, 4) is 6.07 Å². The van der Waals surface area contributed by atoms with Gasteiger partial charge < -0.3 is 10.2 Å². The van der Waals surface area contributed by atoms with Gasteiger partial charge in [-0.15, -0.1) is 0 Å². The molecule has 1 heterocycles. The SMILES string of the molecule is N#Cc1cccc(CNCCN2CCCCC2)c1. The maximum Gasteiger partial charge on any atom is 0.0991 e. The Hall–Kier alpha value is -1.37. The van der Waals surface area contributed by atoms with Crippen LogP contribution >= 0.6 is 0 Å². The van der Waals surface area contributed by atoms with Gasteiger partial charge in [0.25, 0.3) is 0 Å². The standard InChI is InChI=1S/C15H21N3/c16-12-14-5-4-6-15(11-14)13-17-7-10-18-8-2-1-3-9-18/h4-6,11,17H,1-3,7-10,13H2. The van der Waals surface area contributed by atoms with Crippen molar-refractivity contribution in [2.45, 2.75) is 25.8 Å². The Morgan fingerprint density at radius 1 is 1.22 bits per heavy atom. The van der Waals surface area contributed by atoms with E-state index >= 15 is 0 Å². The van der Waals surface area contributed by atoms with E-state index in [1.165, 1.54) is 37.9 Å². The molecule has 0 unspecified atom stereocenters. The molecule has 0 saturated carbocycles. The largest absolute Gasteiger partial charge is 0.311 e. The smallest absolute Gasteiger partial charge is 0.0991 e. The first kappa shape index (κ1) is 13.1. The van der Waals surface area contributed by atoms with Crippen LogP contribution in [0.25, 0.3) is 0 Å². The molecule has 0 bridgehead atoms. The molecule has 0 aromatic heterocycles. The predicted molar refractivity (Wildman–Crippen MR) is 73.2 cm³/mol. The van der Waals surface area contributed by atoms with E-state index in [0.29, 0.717) is 0 Å². The van der Waals surface area contributed by atoms with Crippen molar-refractivity contribution in [1.29, 1.82) is 5.26 Å². The maximum absolute atomic E-state index is 8.83. The summed E-state index contributed by atoms with van der Waals surface area (Å²) in [5.41, 5.74) is 1.93. The lowest BCUT2D eigenvalue weighted by molar-refractivity contribution is 0.229. The Bertz CT molecular complexity index is 402. The summed E-state index contributed by atoms with van der Waals surface area (Å²) in [7, 11) is 0. The highest BCUT2D eigenvalue weighted by Crippen LogP contribution is 2.07. The lowest BCUT2D eigenvalue weighted by atomic mass is 10.1. The van der Waals surface area contributed by atoms with E-state index in [0.717, 1.165) is 25.2 Å². The van der Waals surface area contributed by atoms with Crippen LogP contribution < -0.4 is 5.32 Å². The number of nitriles is 1. The predicted octanol–water partition coefficient (Wildman–Crippen LogP) is 2.13. The normalized spacial score (nSPS) is 16.4. The summed E-state index contributed by atoms with van der Waals surface area (Å²) in [5.74, 6) is 0. The van der Waals surface area contributed by atoms with Crippen molar-refractivity contribution in [3.63, 3.8) is 0 Å². The summed E-state index contributed by atoms with van der Waals surface area (Å²) in [6.45, 7) is 5.52. The summed E-state index contributed by atoms with van der Waals surface area (Å²) in [4.78, 5) is 2.53. The quantitative estimate of drug-likeness (QED) is 0.805. The second kappa shape index (κ2) is 7.15. The molecule has 2 rings (SSSR count). The Balaban J connectivity index is 1.67. The fourth-order valence-corrected chi connectivity index (χ4v) is 2.40. The van der Waals surface area contributed by atoms with E-state index in [9.17, 15) is 0 Å². The minimum atomic E-state index is 0.741. The molecule has 0 spiro atoms. The summed E-state index contributed by atoms with van der Waals surface area (Å²) >= 11 is 0. The number of hydrogen-bond donors (Lipinski definition) is 1. The van der Waals surface area contributed by atoms with Gasteiger partial charge in [-0.1, -0.05) is 18.6 Å². The number of likely N-dealkylation sites (tertiary alicyclic amines) is 1. The third-order valence-electron chi connectivity index (χ3n) is 3.44. The van der Waals surface area contributed by atoms with Gasteiger partial charge >= 0.3 is 0 Å². The molecule has 1 saturated heterocycles. The number of nitrogens with zero attached hydrogens (tertiary/aromatic N) is 2. The summed E-state index contributed by atoms with van der Waals surface area (Å²) < 4.78 is 0. The van der Waals surface area contributed by atoms with E-state index in [1.807, 2.05) is 18.2 Å². The van der Waals surface area contributed by atoms with Gasteiger partial charge in [-0.3, -0.25) is 0 Å². The fraction of sp³-hybridized carbons (Fsp3) is 0.533. The first-order chi connectivity index (χ1) is 8.88. The Morgan fingerprint density at radius 2 is 2.06 bits per heavy atom. The lowest BCUT2D eigenvalue weighted by Crippen LogP contribution is -2.35. The molecule has 96 valence electrons. The zero-order chi connectivity index (χ0) is 12.6. The van der Waals surface area contributed by atoms with Crippen LogP contribution in [0.1, 0.15) is 30.4 Å². The highest BCUT2D eigenvalue weighted by Gasteiger charge is 2.08. The second-order valence-electron chi connectivity index (χ2n) is 4.89. The van der Waals surface area contributed by atoms with E-state index in [2.05, 4.69) is 22.4 Å². The molecule has 1 aromatic rings. The van der Waals surface area contributed by atoms with E-state index in [1.54, 1.807) is 0 Å². The molecule has 0 radical (unpaired) electrons. The topological polar surface area (TPSA) is 39.1 Å². The van der Waals surface area contributed by atoms with Crippen LogP contribution in [0.4, 0.5) is 0 Å². The summed E-state index contributed by atoms with van der Waals surface area (Å²) in [6, 6.07) is 9.98. The third kappa shape index (κ3) is 4.14. The van der Waals surface area contributed by atoms with Gasteiger partial charge in [0.2, 0.25) is 0 Å². The maximum atomic E-state index is 8.83. The van der Waals surface area contributed by atoms with Gasteiger partial charge in [0.1, 0.15) is 0 Å². The summed E-state index contributed by atoms with van der Waals surface area (Å²) in [5, 5.41) is 12.3. The van der Waals surface area contributed by atoms with Crippen molar-refractivity contribution in [2.24, 2.45) is 0 Å². The zero-order valence-corrected chi connectivity index (χ0v) is 10.9. The number of nitrogens with one attached hydrogen (secondary N) is 1. The minimum absolute atomic E-state index is 0.741. The molecule has 1 aliphatic heterocycles. The molecule has 18 heavy (non-hydrogen) atoms. The van der Waals surface area contributed by atoms with Gasteiger partial charge in [-0.25, -0.2) is 0 Å². The molecule has 1 aromatic carbocycles. The van der Waals surface area contributed by atoms with E-state index in [-0.39, 0.29) is 0 Å². The molecular weight excluding hydrogens is 222 g/mol. The third-order valence-corrected chi connectivity index (χ3v) is 3.44. The van der Waals surface area contributed by atoms with Crippen LogP contribution in [-0.2, 0) is 6.54 Å². The molecule has 1 N–H and O–H groups in total. The number of hydrogen-bond acceptors (Lipinski definition) is 3. The van der Waals surface area contributed by atoms with Crippen LogP contribution in [0.15, 0.2) is 24.3 Å². The molecule has 1 fully saturated rings. The first-order valence-electron chi connectivity index (χ1n) is 6.80. The Kier molecular flexibility index (Phi) is 5.19. The van der Waals surface area contributed by atoms with Crippen molar-refractivity contribution in [2.75, 3.05) is 26.2 Å². The average Bonchev–Trinajstić information content (AvgIpc) is 2.45. The number of piperidine rings is 1. The fourth-order valence-electron chi connectivity index (χ4n) is 2.40. The van der Waals surface area contributed by atoms with Gasteiger partial charge in [-0.2, -0.15) is 5.26 Å². The zero-order valence-electron chi connectivity index (χ0n) is 10.9. The highest BCUT2D eigenvalue weighted by molar-refractivity contribution is 5.32. The lowest BCUT2D eigenvalue weighted by Gasteiger charge is -2.26. The van der Waals surface area contributed by atoms with Crippen molar-refractivity contribution in [1.82, 2.24) is 10.2 Å². The van der Waals surface area contributed by atoms with Crippen LogP contribution in [-0.4, -0.2) is 31.1 Å². The number of rotatable bonds is 5. The second-order valence-corrected chi connectivity index (χ2v) is 4.89. The van der Waals surface area contributed by atoms with Crippen LogP contribution in [0, 0.1) is 11.3 Å². The van der Waals surface area contributed by atoms with Crippen LogP contribution in [0.2, 0.25) is 0 Å². The van der Waals surface area contributed by atoms with Gasteiger partial charge in [-0.05, 0) is 43.6 Å². The molecule has 3 heteroatoms. The Labute approximate surface area is 109 Å². The monoisotopic (exact) mass is 243 g/mol. The van der Waals surface area contributed by atoms with Gasteiger partial charge in [0.15, 0.2) is 0 Å². The molecule has 0 amide bonds. The first-order valence-corrected chi connectivity index (χ1v) is 6.80. The van der Waals surface area contributed by atoms with Crippen LogP contribution in [0.5, 0.6) is 0 Å². The Morgan fingerprint density at radius 3 is 2.83 bits per heavy atom. The van der Waals surface area contributed by atoms with E-state index < -0.39 is 0 Å². The average molecular weight is 243 g/mol. The highest BCUT2D eigenvalue weighted by atomic mass is 15.1. The molecule has 0 aliphatic carbocycles. The van der Waals surface area contributed by atoms with Crippen LogP contribution in [0.3, 0.4) is 0 Å². The molecule has 1 aliphatic rings. The molecule has 3 nitrogen and oxygen atoms in total. The molecule has 0 atom stereocenters. The summed E-state index contributed by atoms with van der Waals surface area (Å²) in [6.07, 6.45) is 4.10. The number of benzene rings is 1. The van der Waals surface area contributed by atoms with Crippen molar-refractivity contribution >= 4 is 0 Å². The van der Waals surface area contributed by atoms with Crippen molar-refractivity contribution < 1.29 is 0 Å². The van der Waals surface area contributed by atoms with Gasteiger partial charge in [0.05, 0.1) is 11.6 Å². The van der Waals surface area contributed by atoms with Crippen molar-refractivity contribution in [3.05, 3.63) is 35.4 Å². The van der Waals surface area contributed by atoms with Gasteiger partial charge in [0, 0.05) is 19.6 Å².